The Morgan fingerprint density at radius 2 is 1.90 bits per heavy atom. The van der Waals surface area contributed by atoms with Crippen molar-refractivity contribution in [1.29, 1.82) is 0 Å². The van der Waals surface area contributed by atoms with Crippen LogP contribution in [0.4, 0.5) is 8.78 Å². The summed E-state index contributed by atoms with van der Waals surface area (Å²) in [4.78, 5) is -0.573. The Hall–Kier alpha value is -0.790. The zero-order valence-electron chi connectivity index (χ0n) is 11.5. The first kappa shape index (κ1) is 17.3. The van der Waals surface area contributed by atoms with E-state index in [-0.39, 0.29) is 11.0 Å². The summed E-state index contributed by atoms with van der Waals surface area (Å²) in [6.45, 7) is 8.58. The van der Waals surface area contributed by atoms with Gasteiger partial charge in [-0.05, 0) is 42.8 Å². The molecule has 0 atom stereocenters. The number of sulfonamides is 1. The Balaban J connectivity index is 3.53. The lowest BCUT2D eigenvalue weighted by Crippen LogP contribution is -2.45. The molecular weight excluding hydrogens is 352 g/mol. The molecule has 0 N–H and O–H groups in total. The molecule has 112 valence electrons. The molecule has 0 unspecified atom stereocenters. The quantitative estimate of drug-likeness (QED) is 0.760. The minimum absolute atomic E-state index is 0.0229. The Kier molecular flexibility index (Phi) is 5.10. The molecule has 0 aromatic heterocycles. The van der Waals surface area contributed by atoms with Gasteiger partial charge in [-0.3, -0.25) is 0 Å². The molecule has 7 heteroatoms. The van der Waals surface area contributed by atoms with Crippen LogP contribution >= 0.6 is 15.9 Å². The SMILES string of the molecule is C=CCN(C(C)(C)C)S(=O)(=O)c1c(F)cc(F)cc1Br. The molecule has 20 heavy (non-hydrogen) atoms. The maximum atomic E-state index is 13.9. The zero-order chi connectivity index (χ0) is 15.7. The highest BCUT2D eigenvalue weighted by molar-refractivity contribution is 9.10. The van der Waals surface area contributed by atoms with Crippen molar-refractivity contribution in [2.45, 2.75) is 31.2 Å². The lowest BCUT2D eigenvalue weighted by molar-refractivity contribution is 0.268. The van der Waals surface area contributed by atoms with Gasteiger partial charge in [0.05, 0.1) is 0 Å². The highest BCUT2D eigenvalue weighted by atomic mass is 79.9. The average molecular weight is 368 g/mol. The van der Waals surface area contributed by atoms with Crippen molar-refractivity contribution in [2.75, 3.05) is 6.54 Å². The van der Waals surface area contributed by atoms with E-state index in [1.165, 1.54) is 6.08 Å². The van der Waals surface area contributed by atoms with Crippen molar-refractivity contribution in [3.05, 3.63) is 40.9 Å². The number of benzene rings is 1. The first-order valence-corrected chi connectivity index (χ1v) is 8.03. The molecule has 0 spiro atoms. The molecule has 0 aliphatic heterocycles. The van der Waals surface area contributed by atoms with Crippen LogP contribution in [-0.4, -0.2) is 24.8 Å². The van der Waals surface area contributed by atoms with E-state index in [0.29, 0.717) is 6.07 Å². The predicted molar refractivity (Wildman–Crippen MR) is 77.9 cm³/mol. The van der Waals surface area contributed by atoms with Crippen molar-refractivity contribution >= 4 is 26.0 Å². The van der Waals surface area contributed by atoms with Gasteiger partial charge in [-0.15, -0.1) is 6.58 Å². The van der Waals surface area contributed by atoms with Crippen molar-refractivity contribution in [3.8, 4) is 0 Å². The van der Waals surface area contributed by atoms with E-state index < -0.39 is 32.1 Å². The average Bonchev–Trinajstić information content (AvgIpc) is 2.21. The first-order valence-electron chi connectivity index (χ1n) is 5.80. The van der Waals surface area contributed by atoms with Crippen molar-refractivity contribution < 1.29 is 17.2 Å². The van der Waals surface area contributed by atoms with Crippen LogP contribution in [0.5, 0.6) is 0 Å². The Morgan fingerprint density at radius 3 is 2.30 bits per heavy atom. The third kappa shape index (κ3) is 3.45. The summed E-state index contributed by atoms with van der Waals surface area (Å²) in [5, 5.41) is 0. The maximum absolute atomic E-state index is 13.9. The summed E-state index contributed by atoms with van der Waals surface area (Å²) in [7, 11) is -4.13. The number of halogens is 3. The lowest BCUT2D eigenvalue weighted by atomic mass is 10.1. The second-order valence-corrected chi connectivity index (χ2v) is 7.85. The molecule has 3 nitrogen and oxygen atoms in total. The highest BCUT2D eigenvalue weighted by Crippen LogP contribution is 2.32. The summed E-state index contributed by atoms with van der Waals surface area (Å²) in [6, 6.07) is 1.47. The molecule has 0 fully saturated rings. The highest BCUT2D eigenvalue weighted by Gasteiger charge is 2.36. The van der Waals surface area contributed by atoms with Gasteiger partial charge in [0.1, 0.15) is 16.5 Å². The summed E-state index contributed by atoms with van der Waals surface area (Å²) < 4.78 is 53.2. The topological polar surface area (TPSA) is 37.4 Å². The van der Waals surface area contributed by atoms with Gasteiger partial charge in [-0.2, -0.15) is 4.31 Å². The van der Waals surface area contributed by atoms with Gasteiger partial charge < -0.3 is 0 Å². The Bertz CT molecular complexity index is 601. The fourth-order valence-corrected chi connectivity index (χ4v) is 4.61. The van der Waals surface area contributed by atoms with Crippen LogP contribution in [0.3, 0.4) is 0 Å². The smallest absolute Gasteiger partial charge is 0.207 e. The van der Waals surface area contributed by atoms with Gasteiger partial charge in [-0.1, -0.05) is 6.08 Å². The van der Waals surface area contributed by atoms with Crippen molar-refractivity contribution in [3.63, 3.8) is 0 Å². The van der Waals surface area contributed by atoms with Crippen LogP contribution in [0.15, 0.2) is 34.2 Å². The molecule has 0 aliphatic rings. The molecule has 0 heterocycles. The third-order valence-electron chi connectivity index (χ3n) is 2.55. The maximum Gasteiger partial charge on any atom is 0.247 e. The van der Waals surface area contributed by atoms with E-state index in [4.69, 9.17) is 0 Å². The van der Waals surface area contributed by atoms with Gasteiger partial charge in [0.15, 0.2) is 0 Å². The number of rotatable bonds is 4. The van der Waals surface area contributed by atoms with E-state index in [1.807, 2.05) is 0 Å². The second kappa shape index (κ2) is 5.91. The second-order valence-electron chi connectivity index (χ2n) is 5.19. The predicted octanol–water partition coefficient (Wildman–Crippen LogP) is 3.70. The van der Waals surface area contributed by atoms with E-state index >= 15 is 0 Å². The standard InChI is InChI=1S/C13H16BrF2NO2S/c1-5-6-17(13(2,3)4)20(18,19)12-10(14)7-9(15)8-11(12)16/h5,7-8H,1,6H2,2-4H3. The fourth-order valence-electron chi connectivity index (χ4n) is 1.74. The Morgan fingerprint density at radius 1 is 1.35 bits per heavy atom. The molecule has 1 aromatic rings. The lowest BCUT2D eigenvalue weighted by Gasteiger charge is -2.33. The van der Waals surface area contributed by atoms with Gasteiger partial charge in [-0.25, -0.2) is 17.2 Å². The molecule has 0 bridgehead atoms. The van der Waals surface area contributed by atoms with Crippen LogP contribution in [0.1, 0.15) is 20.8 Å². The number of hydrogen-bond donors (Lipinski definition) is 0. The summed E-state index contributed by atoms with van der Waals surface area (Å²) in [6.07, 6.45) is 1.41. The molecule has 0 aliphatic carbocycles. The van der Waals surface area contributed by atoms with Crippen LogP contribution in [0.25, 0.3) is 0 Å². The monoisotopic (exact) mass is 367 g/mol. The minimum Gasteiger partial charge on any atom is -0.207 e. The van der Waals surface area contributed by atoms with E-state index in [2.05, 4.69) is 22.5 Å². The van der Waals surface area contributed by atoms with E-state index in [1.54, 1.807) is 20.8 Å². The summed E-state index contributed by atoms with van der Waals surface area (Å²) in [5.74, 6) is -1.98. The van der Waals surface area contributed by atoms with E-state index in [0.717, 1.165) is 10.4 Å². The van der Waals surface area contributed by atoms with Crippen LogP contribution in [0.2, 0.25) is 0 Å². The normalized spacial score (nSPS) is 12.8. The molecule has 0 saturated heterocycles. The zero-order valence-corrected chi connectivity index (χ0v) is 13.9. The van der Waals surface area contributed by atoms with Gasteiger partial charge >= 0.3 is 0 Å². The van der Waals surface area contributed by atoms with Gasteiger partial charge in [0, 0.05) is 22.6 Å². The number of hydrogen-bond acceptors (Lipinski definition) is 2. The fraction of sp³-hybridized carbons (Fsp3) is 0.385. The molecular formula is C13H16BrF2NO2S. The van der Waals surface area contributed by atoms with Gasteiger partial charge in [0.2, 0.25) is 10.0 Å². The molecule has 1 aromatic carbocycles. The largest absolute Gasteiger partial charge is 0.247 e. The molecule has 0 amide bonds. The molecule has 0 saturated carbocycles. The van der Waals surface area contributed by atoms with Gasteiger partial charge in [0.25, 0.3) is 0 Å². The van der Waals surface area contributed by atoms with E-state index in [9.17, 15) is 17.2 Å². The number of nitrogens with zero attached hydrogens (tertiary/aromatic N) is 1. The van der Waals surface area contributed by atoms with Crippen LogP contribution in [-0.2, 0) is 10.0 Å². The van der Waals surface area contributed by atoms with Crippen molar-refractivity contribution in [1.82, 2.24) is 4.31 Å². The minimum atomic E-state index is -4.13. The van der Waals surface area contributed by atoms with Crippen molar-refractivity contribution in [2.24, 2.45) is 0 Å². The van der Waals surface area contributed by atoms with Crippen LogP contribution < -0.4 is 0 Å². The molecule has 1 rings (SSSR count). The summed E-state index contributed by atoms with van der Waals surface area (Å²) in [5.41, 5.74) is -0.771. The Labute approximate surface area is 126 Å². The first-order chi connectivity index (χ1) is 9.01. The summed E-state index contributed by atoms with van der Waals surface area (Å²) >= 11 is 2.91. The molecule has 0 radical (unpaired) electrons. The van der Waals surface area contributed by atoms with Crippen LogP contribution in [0, 0.1) is 11.6 Å². The third-order valence-corrected chi connectivity index (χ3v) is 5.65.